The van der Waals surface area contributed by atoms with Crippen molar-refractivity contribution in [2.45, 2.75) is 6.92 Å². The molecule has 2 aromatic carbocycles. The number of nitrogens with zero attached hydrogens (tertiary/aromatic N) is 1. The van der Waals surface area contributed by atoms with Crippen molar-refractivity contribution in [3.8, 4) is 0 Å². The first kappa shape index (κ1) is 18.8. The van der Waals surface area contributed by atoms with Gasteiger partial charge in [-0.05, 0) is 48.4 Å². The van der Waals surface area contributed by atoms with Gasteiger partial charge in [0, 0.05) is 0 Å². The van der Waals surface area contributed by atoms with Crippen LogP contribution in [0.1, 0.15) is 31.8 Å². The van der Waals surface area contributed by atoms with Crippen LogP contribution in [0.3, 0.4) is 0 Å². The highest BCUT2D eigenvalue weighted by Crippen LogP contribution is 2.37. The molecule has 0 bridgehead atoms. The van der Waals surface area contributed by atoms with Gasteiger partial charge in [0.05, 0.1) is 21.7 Å². The highest BCUT2D eigenvalue weighted by Gasteiger charge is 2.34. The molecule has 0 aliphatic carbocycles. The van der Waals surface area contributed by atoms with Crippen LogP contribution in [0, 0.1) is 6.92 Å². The van der Waals surface area contributed by atoms with Crippen LogP contribution in [0.5, 0.6) is 0 Å². The minimum Gasteiger partial charge on any atom is -0.478 e. The van der Waals surface area contributed by atoms with Crippen molar-refractivity contribution in [3.63, 3.8) is 0 Å². The lowest BCUT2D eigenvalue weighted by Crippen LogP contribution is -2.28. The number of hydrogen-bond donors (Lipinski definition) is 2. The number of rotatable bonds is 4. The van der Waals surface area contributed by atoms with Gasteiger partial charge in [-0.2, -0.15) is 0 Å². The molecule has 1 fully saturated rings. The van der Waals surface area contributed by atoms with Gasteiger partial charge in [0.15, 0.2) is 4.32 Å². The van der Waals surface area contributed by atoms with E-state index in [4.69, 9.17) is 17.3 Å². The highest BCUT2D eigenvalue weighted by atomic mass is 32.2. The quantitative estimate of drug-likeness (QED) is 0.596. The number of amides is 1. The van der Waals surface area contributed by atoms with Crippen molar-refractivity contribution in [2.75, 3.05) is 4.90 Å². The zero-order chi connectivity index (χ0) is 19.7. The molecule has 2 N–H and O–H groups in total. The van der Waals surface area contributed by atoms with E-state index in [1.807, 2.05) is 0 Å². The van der Waals surface area contributed by atoms with Crippen LogP contribution < -0.4 is 4.90 Å². The number of thioether (sulfide) groups is 1. The van der Waals surface area contributed by atoms with E-state index in [-0.39, 0.29) is 17.0 Å². The van der Waals surface area contributed by atoms with Crippen molar-refractivity contribution < 1.29 is 24.6 Å². The second-order valence-corrected chi connectivity index (χ2v) is 7.43. The molecule has 0 radical (unpaired) electrons. The van der Waals surface area contributed by atoms with Gasteiger partial charge >= 0.3 is 11.9 Å². The van der Waals surface area contributed by atoms with Crippen LogP contribution >= 0.6 is 24.0 Å². The Balaban J connectivity index is 1.95. The van der Waals surface area contributed by atoms with Gasteiger partial charge in [-0.15, -0.1) is 0 Å². The molecular weight excluding hydrogens is 386 g/mol. The smallest absolute Gasteiger partial charge is 0.335 e. The second kappa shape index (κ2) is 7.34. The fourth-order valence-corrected chi connectivity index (χ4v) is 3.82. The van der Waals surface area contributed by atoms with Crippen LogP contribution in [0.15, 0.2) is 47.4 Å². The molecule has 0 atom stereocenters. The summed E-state index contributed by atoms with van der Waals surface area (Å²) >= 11 is 6.43. The molecule has 0 unspecified atom stereocenters. The van der Waals surface area contributed by atoms with Crippen molar-refractivity contribution in [2.24, 2.45) is 0 Å². The van der Waals surface area contributed by atoms with E-state index >= 15 is 0 Å². The average Bonchev–Trinajstić information content (AvgIpc) is 2.89. The van der Waals surface area contributed by atoms with Gasteiger partial charge < -0.3 is 10.2 Å². The normalized spacial score (nSPS) is 15.4. The monoisotopic (exact) mass is 399 g/mol. The van der Waals surface area contributed by atoms with Crippen LogP contribution in [0.4, 0.5) is 5.69 Å². The van der Waals surface area contributed by atoms with E-state index in [1.165, 1.54) is 29.2 Å². The number of carbonyl (C=O) groups excluding carboxylic acids is 1. The number of benzene rings is 2. The number of aromatic carboxylic acids is 2. The van der Waals surface area contributed by atoms with E-state index in [0.29, 0.717) is 20.5 Å². The summed E-state index contributed by atoms with van der Waals surface area (Å²) in [5.41, 5.74) is 2.04. The maximum atomic E-state index is 12.8. The van der Waals surface area contributed by atoms with Gasteiger partial charge in [-0.3, -0.25) is 9.69 Å². The van der Waals surface area contributed by atoms with E-state index in [0.717, 1.165) is 17.3 Å². The summed E-state index contributed by atoms with van der Waals surface area (Å²) in [6, 6.07) is 10.6. The summed E-state index contributed by atoms with van der Waals surface area (Å²) in [7, 11) is 0. The minimum atomic E-state index is -1.09. The summed E-state index contributed by atoms with van der Waals surface area (Å²) in [6.07, 6.45) is 1.63. The molecule has 1 aliphatic heterocycles. The molecule has 1 heterocycles. The summed E-state index contributed by atoms with van der Waals surface area (Å²) in [5.74, 6) is -2.46. The van der Waals surface area contributed by atoms with Crippen molar-refractivity contribution in [1.29, 1.82) is 0 Å². The number of aryl methyl sites for hydroxylation is 1. The minimum absolute atomic E-state index is 0.0675. The predicted molar refractivity (Wildman–Crippen MR) is 107 cm³/mol. The second-order valence-electron chi connectivity index (χ2n) is 5.75. The maximum Gasteiger partial charge on any atom is 0.335 e. The Morgan fingerprint density at radius 3 is 2.22 bits per heavy atom. The third kappa shape index (κ3) is 3.76. The number of carboxylic acids is 2. The summed E-state index contributed by atoms with van der Waals surface area (Å²) in [6.45, 7) is 1.77. The molecule has 3 rings (SSSR count). The molecule has 1 aliphatic rings. The van der Waals surface area contributed by atoms with Gasteiger partial charge in [0.1, 0.15) is 0 Å². The number of carboxylic acid groups (broad SMARTS) is 2. The predicted octanol–water partition coefficient (Wildman–Crippen LogP) is 3.80. The maximum absolute atomic E-state index is 12.8. The topological polar surface area (TPSA) is 94.9 Å². The molecule has 8 heteroatoms. The van der Waals surface area contributed by atoms with Crippen molar-refractivity contribution >= 4 is 57.9 Å². The number of anilines is 1. The SMILES string of the molecule is Cc1ccc(C(=O)O)cc1N1C(=O)C(=Cc2ccc(C(=O)O)cc2)SC1=S. The van der Waals surface area contributed by atoms with Crippen LogP contribution in [0.2, 0.25) is 0 Å². The number of hydrogen-bond acceptors (Lipinski definition) is 5. The zero-order valence-corrected chi connectivity index (χ0v) is 15.6. The third-order valence-corrected chi connectivity index (χ3v) is 5.25. The zero-order valence-electron chi connectivity index (χ0n) is 14.0. The van der Waals surface area contributed by atoms with Crippen molar-refractivity contribution in [1.82, 2.24) is 0 Å². The fourth-order valence-electron chi connectivity index (χ4n) is 2.53. The molecule has 6 nitrogen and oxygen atoms in total. The first-order chi connectivity index (χ1) is 12.8. The Hall–Kier alpha value is -2.97. The van der Waals surface area contributed by atoms with E-state index in [9.17, 15) is 19.5 Å². The van der Waals surface area contributed by atoms with E-state index < -0.39 is 11.9 Å². The van der Waals surface area contributed by atoms with Crippen LogP contribution in [0.25, 0.3) is 6.08 Å². The third-order valence-electron chi connectivity index (χ3n) is 3.95. The first-order valence-electron chi connectivity index (χ1n) is 7.73. The van der Waals surface area contributed by atoms with Gasteiger partial charge in [0.25, 0.3) is 5.91 Å². The molecule has 1 saturated heterocycles. The molecule has 1 amide bonds. The van der Waals surface area contributed by atoms with Crippen LogP contribution in [-0.4, -0.2) is 32.4 Å². The number of thiocarbonyl (C=S) groups is 1. The summed E-state index contributed by atoms with van der Waals surface area (Å²) in [5, 5.41) is 18.1. The molecule has 0 saturated carbocycles. The van der Waals surface area contributed by atoms with E-state index in [1.54, 1.807) is 31.2 Å². The molecule has 0 aromatic heterocycles. The van der Waals surface area contributed by atoms with Crippen molar-refractivity contribution in [3.05, 3.63) is 69.6 Å². The lowest BCUT2D eigenvalue weighted by Gasteiger charge is -2.17. The lowest BCUT2D eigenvalue weighted by molar-refractivity contribution is -0.113. The molecule has 0 spiro atoms. The standard InChI is InChI=1S/C19H13NO5S2/c1-10-2-5-13(18(24)25)9-14(10)20-16(21)15(27-19(20)26)8-11-3-6-12(7-4-11)17(22)23/h2-9H,1H3,(H,22,23)(H,24,25). The Morgan fingerprint density at radius 1 is 1.04 bits per heavy atom. The van der Waals surface area contributed by atoms with E-state index in [2.05, 4.69) is 0 Å². The molecule has 2 aromatic rings. The largest absolute Gasteiger partial charge is 0.478 e. The van der Waals surface area contributed by atoms with Crippen LogP contribution in [-0.2, 0) is 4.79 Å². The molecule has 136 valence electrons. The Labute approximate surface area is 164 Å². The number of carbonyl (C=O) groups is 3. The fraction of sp³-hybridized carbons (Fsp3) is 0.0526. The van der Waals surface area contributed by atoms with Gasteiger partial charge in [0.2, 0.25) is 0 Å². The Morgan fingerprint density at radius 2 is 1.63 bits per heavy atom. The van der Waals surface area contributed by atoms with Gasteiger partial charge in [-0.1, -0.05) is 42.2 Å². The lowest BCUT2D eigenvalue weighted by atomic mass is 10.1. The Kier molecular flexibility index (Phi) is 5.11. The average molecular weight is 399 g/mol. The first-order valence-corrected chi connectivity index (χ1v) is 8.95. The molecular formula is C19H13NO5S2. The Bertz CT molecular complexity index is 1010. The molecule has 27 heavy (non-hydrogen) atoms. The van der Waals surface area contributed by atoms with Gasteiger partial charge in [-0.25, -0.2) is 9.59 Å². The summed E-state index contributed by atoms with van der Waals surface area (Å²) < 4.78 is 0.305. The highest BCUT2D eigenvalue weighted by molar-refractivity contribution is 8.27. The summed E-state index contributed by atoms with van der Waals surface area (Å²) in [4.78, 5) is 36.7.